The average molecular weight is 411 g/mol. The van der Waals surface area contributed by atoms with E-state index in [9.17, 15) is 0 Å². The minimum atomic E-state index is 0. The Labute approximate surface area is 148 Å². The Balaban J connectivity index is 0.00000242. The van der Waals surface area contributed by atoms with Crippen molar-refractivity contribution in [3.63, 3.8) is 0 Å². The van der Waals surface area contributed by atoms with Gasteiger partial charge >= 0.3 is 0 Å². The Morgan fingerprint density at radius 3 is 2.50 bits per heavy atom. The number of hydrogen-bond donors (Lipinski definition) is 2. The monoisotopic (exact) mass is 411 g/mol. The maximum atomic E-state index is 5.90. The van der Waals surface area contributed by atoms with E-state index in [2.05, 4.69) is 29.4 Å². The number of ether oxygens (including phenoxy) is 1. The summed E-state index contributed by atoms with van der Waals surface area (Å²) in [6.45, 7) is 2.65. The van der Waals surface area contributed by atoms with E-state index < -0.39 is 0 Å². The number of methoxy groups -OCH3 is 1. The molecule has 0 heterocycles. The first kappa shape index (κ1) is 18.3. The zero-order valence-electron chi connectivity index (χ0n) is 12.9. The number of nitrogens with one attached hydrogen (secondary N) is 1. The highest BCUT2D eigenvalue weighted by Crippen LogP contribution is 2.13. The first-order valence-corrected chi connectivity index (χ1v) is 7.00. The van der Waals surface area contributed by atoms with Crippen molar-refractivity contribution < 1.29 is 4.74 Å². The third-order valence-electron chi connectivity index (χ3n) is 3.20. The van der Waals surface area contributed by atoms with E-state index in [0.717, 1.165) is 23.4 Å². The number of benzene rings is 2. The first-order chi connectivity index (χ1) is 10.2. The van der Waals surface area contributed by atoms with Gasteiger partial charge in [-0.3, -0.25) is 0 Å². The number of hydrogen-bond acceptors (Lipinski definition) is 2. The SMILES string of the molecule is CCc1ccc(NC(N)=NCc2cccc(OC)c2)cc1.I. The van der Waals surface area contributed by atoms with Gasteiger partial charge in [0.1, 0.15) is 5.75 Å². The average Bonchev–Trinajstić information content (AvgIpc) is 2.54. The Morgan fingerprint density at radius 2 is 1.86 bits per heavy atom. The van der Waals surface area contributed by atoms with Gasteiger partial charge in [0.25, 0.3) is 0 Å². The Morgan fingerprint density at radius 1 is 1.14 bits per heavy atom. The van der Waals surface area contributed by atoms with Crippen molar-refractivity contribution >= 4 is 35.6 Å². The minimum absolute atomic E-state index is 0. The van der Waals surface area contributed by atoms with Crippen LogP contribution in [0.2, 0.25) is 0 Å². The van der Waals surface area contributed by atoms with Crippen LogP contribution < -0.4 is 15.8 Å². The van der Waals surface area contributed by atoms with Gasteiger partial charge in [-0.2, -0.15) is 0 Å². The second kappa shape index (κ2) is 9.30. The quantitative estimate of drug-likeness (QED) is 0.447. The van der Waals surface area contributed by atoms with E-state index in [1.54, 1.807) is 7.11 Å². The van der Waals surface area contributed by atoms with Crippen LogP contribution in [0.25, 0.3) is 0 Å². The summed E-state index contributed by atoms with van der Waals surface area (Å²) < 4.78 is 5.18. The van der Waals surface area contributed by atoms with Gasteiger partial charge in [0.05, 0.1) is 13.7 Å². The van der Waals surface area contributed by atoms with Crippen LogP contribution >= 0.6 is 24.0 Å². The summed E-state index contributed by atoms with van der Waals surface area (Å²) in [6, 6.07) is 16.0. The summed E-state index contributed by atoms with van der Waals surface area (Å²) in [4.78, 5) is 4.34. The van der Waals surface area contributed by atoms with E-state index in [1.807, 2.05) is 36.4 Å². The molecule has 0 radical (unpaired) electrons. The highest BCUT2D eigenvalue weighted by molar-refractivity contribution is 14.0. The van der Waals surface area contributed by atoms with Gasteiger partial charge in [0.15, 0.2) is 5.96 Å². The van der Waals surface area contributed by atoms with Gasteiger partial charge in [-0.05, 0) is 41.8 Å². The molecule has 2 aromatic rings. The molecule has 0 atom stereocenters. The number of halogens is 1. The standard InChI is InChI=1S/C17H21N3O.HI/c1-3-13-7-9-15(10-8-13)20-17(18)19-12-14-5-4-6-16(11-14)21-2;/h4-11H,3,12H2,1-2H3,(H3,18,19,20);1H. The molecule has 2 rings (SSSR count). The molecule has 0 spiro atoms. The summed E-state index contributed by atoms with van der Waals surface area (Å²) in [5, 5.41) is 3.09. The van der Waals surface area contributed by atoms with Crippen LogP contribution in [0, 0.1) is 0 Å². The fourth-order valence-electron chi connectivity index (χ4n) is 1.96. The van der Waals surface area contributed by atoms with Crippen molar-refractivity contribution in [2.24, 2.45) is 10.7 Å². The van der Waals surface area contributed by atoms with E-state index in [0.29, 0.717) is 12.5 Å². The van der Waals surface area contributed by atoms with E-state index in [4.69, 9.17) is 10.5 Å². The Bertz CT molecular complexity index is 612. The predicted molar refractivity (Wildman–Crippen MR) is 103 cm³/mol. The van der Waals surface area contributed by atoms with E-state index in [1.165, 1.54) is 5.56 Å². The van der Waals surface area contributed by atoms with Crippen LogP contribution in [0.4, 0.5) is 5.69 Å². The molecule has 5 heteroatoms. The highest BCUT2D eigenvalue weighted by atomic mass is 127. The number of anilines is 1. The molecule has 0 aliphatic heterocycles. The second-order valence-electron chi connectivity index (χ2n) is 4.73. The van der Waals surface area contributed by atoms with Gasteiger partial charge in [-0.1, -0.05) is 31.2 Å². The lowest BCUT2D eigenvalue weighted by Crippen LogP contribution is -2.22. The number of nitrogens with zero attached hydrogens (tertiary/aromatic N) is 1. The van der Waals surface area contributed by atoms with Crippen molar-refractivity contribution in [3.8, 4) is 5.75 Å². The Hall–Kier alpha value is -1.76. The van der Waals surface area contributed by atoms with Crippen LogP contribution in [0.3, 0.4) is 0 Å². The topological polar surface area (TPSA) is 59.6 Å². The molecule has 0 saturated carbocycles. The normalized spacial score (nSPS) is 10.7. The summed E-state index contributed by atoms with van der Waals surface area (Å²) in [7, 11) is 1.65. The van der Waals surface area contributed by atoms with Crippen LogP contribution in [-0.4, -0.2) is 13.1 Å². The molecule has 0 aromatic heterocycles. The maximum absolute atomic E-state index is 5.90. The molecule has 0 aliphatic rings. The molecule has 2 aromatic carbocycles. The molecule has 118 valence electrons. The molecule has 3 N–H and O–H groups in total. The predicted octanol–water partition coefficient (Wildman–Crippen LogP) is 3.80. The lowest BCUT2D eigenvalue weighted by molar-refractivity contribution is 0.414. The number of aryl methyl sites for hydroxylation is 1. The van der Waals surface area contributed by atoms with Gasteiger partial charge in [-0.15, -0.1) is 24.0 Å². The smallest absolute Gasteiger partial charge is 0.193 e. The van der Waals surface area contributed by atoms with Gasteiger partial charge < -0.3 is 15.8 Å². The van der Waals surface area contributed by atoms with Crippen molar-refractivity contribution in [2.75, 3.05) is 12.4 Å². The third kappa shape index (κ3) is 5.55. The fourth-order valence-corrected chi connectivity index (χ4v) is 1.96. The summed E-state index contributed by atoms with van der Waals surface area (Å²) in [6.07, 6.45) is 1.03. The number of guanidine groups is 1. The van der Waals surface area contributed by atoms with E-state index >= 15 is 0 Å². The number of nitrogens with two attached hydrogens (primary N) is 1. The third-order valence-corrected chi connectivity index (χ3v) is 3.20. The van der Waals surface area contributed by atoms with Gasteiger partial charge in [0.2, 0.25) is 0 Å². The molecule has 22 heavy (non-hydrogen) atoms. The van der Waals surface area contributed by atoms with Crippen LogP contribution in [0.5, 0.6) is 5.75 Å². The number of aliphatic imine (C=N–C) groups is 1. The van der Waals surface area contributed by atoms with Crippen molar-refractivity contribution in [3.05, 3.63) is 59.7 Å². The molecule has 0 fully saturated rings. The molecular formula is C17H22IN3O. The molecular weight excluding hydrogens is 389 g/mol. The van der Waals surface area contributed by atoms with Crippen molar-refractivity contribution in [1.29, 1.82) is 0 Å². The molecule has 0 amide bonds. The molecule has 0 unspecified atom stereocenters. The molecule has 4 nitrogen and oxygen atoms in total. The second-order valence-corrected chi connectivity index (χ2v) is 4.73. The van der Waals surface area contributed by atoms with Crippen molar-refractivity contribution in [2.45, 2.75) is 19.9 Å². The summed E-state index contributed by atoms with van der Waals surface area (Å²) >= 11 is 0. The highest BCUT2D eigenvalue weighted by Gasteiger charge is 1.98. The van der Waals surface area contributed by atoms with Crippen LogP contribution in [0.15, 0.2) is 53.5 Å². The molecule has 0 aliphatic carbocycles. The number of rotatable bonds is 5. The van der Waals surface area contributed by atoms with Crippen LogP contribution in [-0.2, 0) is 13.0 Å². The maximum Gasteiger partial charge on any atom is 0.193 e. The lowest BCUT2D eigenvalue weighted by Gasteiger charge is -2.07. The van der Waals surface area contributed by atoms with Gasteiger partial charge in [-0.25, -0.2) is 4.99 Å². The first-order valence-electron chi connectivity index (χ1n) is 7.00. The van der Waals surface area contributed by atoms with E-state index in [-0.39, 0.29) is 24.0 Å². The Kier molecular flexibility index (Phi) is 7.73. The van der Waals surface area contributed by atoms with Gasteiger partial charge in [0, 0.05) is 5.69 Å². The van der Waals surface area contributed by atoms with Crippen LogP contribution in [0.1, 0.15) is 18.1 Å². The van der Waals surface area contributed by atoms with Crippen molar-refractivity contribution in [1.82, 2.24) is 0 Å². The molecule has 0 saturated heterocycles. The zero-order chi connectivity index (χ0) is 15.1. The summed E-state index contributed by atoms with van der Waals surface area (Å²) in [5.41, 5.74) is 9.20. The fraction of sp³-hybridized carbons (Fsp3) is 0.235. The summed E-state index contributed by atoms with van der Waals surface area (Å²) in [5.74, 6) is 1.23. The largest absolute Gasteiger partial charge is 0.497 e. The zero-order valence-corrected chi connectivity index (χ0v) is 15.2. The minimum Gasteiger partial charge on any atom is -0.497 e. The lowest BCUT2D eigenvalue weighted by atomic mass is 10.1. The molecule has 0 bridgehead atoms.